The van der Waals surface area contributed by atoms with Gasteiger partial charge in [0, 0.05) is 6.54 Å². The Kier molecular flexibility index (Phi) is 5.48. The van der Waals surface area contributed by atoms with Gasteiger partial charge in [0.05, 0.1) is 17.0 Å². The van der Waals surface area contributed by atoms with Crippen molar-refractivity contribution in [1.82, 2.24) is 9.80 Å². The summed E-state index contributed by atoms with van der Waals surface area (Å²) in [6.45, 7) is 5.73. The molecule has 30 heavy (non-hydrogen) atoms. The van der Waals surface area contributed by atoms with Crippen LogP contribution >= 0.6 is 0 Å². The van der Waals surface area contributed by atoms with Gasteiger partial charge in [0.1, 0.15) is 5.58 Å². The fourth-order valence-electron chi connectivity index (χ4n) is 4.16. The zero-order valence-electron chi connectivity index (χ0n) is 18.0. The second-order valence-electron chi connectivity index (χ2n) is 8.55. The van der Waals surface area contributed by atoms with Gasteiger partial charge in [-0.1, -0.05) is 50.2 Å². The highest BCUT2D eigenvalue weighted by Crippen LogP contribution is 2.38. The zero-order chi connectivity index (χ0) is 21.4. The lowest BCUT2D eigenvalue weighted by Gasteiger charge is -2.26. The molecule has 156 valence electrons. The second-order valence-corrected chi connectivity index (χ2v) is 8.55. The lowest BCUT2D eigenvalue weighted by molar-refractivity contribution is 0.0722. The van der Waals surface area contributed by atoms with Crippen molar-refractivity contribution < 1.29 is 9.21 Å². The lowest BCUT2D eigenvalue weighted by Crippen LogP contribution is -2.32. The van der Waals surface area contributed by atoms with Crippen LogP contribution in [0.1, 0.15) is 59.5 Å². The molecule has 0 fully saturated rings. The summed E-state index contributed by atoms with van der Waals surface area (Å²) >= 11 is 0. The predicted octanol–water partition coefficient (Wildman–Crippen LogP) is 4.41. The molecule has 3 aromatic rings. The number of amides is 1. The molecular formula is C25H28N2O3. The summed E-state index contributed by atoms with van der Waals surface area (Å²) in [6, 6.07) is 15.0. The van der Waals surface area contributed by atoms with Gasteiger partial charge in [-0.25, -0.2) is 0 Å². The molecule has 1 aliphatic rings. The summed E-state index contributed by atoms with van der Waals surface area (Å²) in [6.07, 6.45) is 0.820. The number of carbonyl (C=O) groups excluding carboxylic acids is 1. The van der Waals surface area contributed by atoms with E-state index in [4.69, 9.17) is 4.42 Å². The average Bonchev–Trinajstić information content (AvgIpc) is 3.00. The third-order valence-corrected chi connectivity index (χ3v) is 5.80. The van der Waals surface area contributed by atoms with Crippen LogP contribution in [0.25, 0.3) is 11.0 Å². The number of benzene rings is 2. The highest BCUT2D eigenvalue weighted by Gasteiger charge is 2.42. The smallest absolute Gasteiger partial charge is 0.290 e. The fourth-order valence-corrected chi connectivity index (χ4v) is 4.16. The van der Waals surface area contributed by atoms with Crippen LogP contribution in [0.2, 0.25) is 0 Å². The Morgan fingerprint density at radius 2 is 1.73 bits per heavy atom. The third-order valence-electron chi connectivity index (χ3n) is 5.80. The maximum Gasteiger partial charge on any atom is 0.290 e. The van der Waals surface area contributed by atoms with E-state index in [1.807, 2.05) is 38.4 Å². The number of carbonyl (C=O) groups is 1. The number of hydrogen-bond acceptors (Lipinski definition) is 4. The van der Waals surface area contributed by atoms with E-state index in [2.05, 4.69) is 30.9 Å². The monoisotopic (exact) mass is 404 g/mol. The van der Waals surface area contributed by atoms with E-state index in [0.717, 1.165) is 18.5 Å². The van der Waals surface area contributed by atoms with Crippen LogP contribution in [0.3, 0.4) is 0 Å². The topological polar surface area (TPSA) is 53.8 Å². The molecule has 0 spiro atoms. The first-order valence-corrected chi connectivity index (χ1v) is 10.5. The molecule has 0 radical (unpaired) electrons. The van der Waals surface area contributed by atoms with Crippen molar-refractivity contribution in [2.75, 3.05) is 27.2 Å². The molecule has 0 N–H and O–H groups in total. The van der Waals surface area contributed by atoms with Crippen molar-refractivity contribution in [3.05, 3.63) is 81.2 Å². The Morgan fingerprint density at radius 1 is 1.03 bits per heavy atom. The molecule has 0 bridgehead atoms. The van der Waals surface area contributed by atoms with Crippen LogP contribution in [-0.4, -0.2) is 42.9 Å². The molecule has 2 heterocycles. The van der Waals surface area contributed by atoms with Crippen molar-refractivity contribution in [2.45, 2.75) is 32.2 Å². The van der Waals surface area contributed by atoms with E-state index in [0.29, 0.717) is 29.0 Å². The number of para-hydroxylation sites is 1. The van der Waals surface area contributed by atoms with Gasteiger partial charge < -0.3 is 14.2 Å². The minimum atomic E-state index is -0.420. The van der Waals surface area contributed by atoms with Crippen molar-refractivity contribution in [2.24, 2.45) is 0 Å². The van der Waals surface area contributed by atoms with Gasteiger partial charge >= 0.3 is 0 Å². The largest absolute Gasteiger partial charge is 0.450 e. The lowest BCUT2D eigenvalue weighted by atomic mass is 9.95. The van der Waals surface area contributed by atoms with Crippen LogP contribution < -0.4 is 5.43 Å². The molecule has 1 amide bonds. The first kappa shape index (κ1) is 20.4. The number of rotatable bonds is 6. The quantitative estimate of drug-likeness (QED) is 0.611. The molecule has 0 saturated carbocycles. The highest BCUT2D eigenvalue weighted by molar-refractivity contribution is 5.99. The van der Waals surface area contributed by atoms with Crippen LogP contribution in [0.15, 0.2) is 57.7 Å². The second kappa shape index (κ2) is 8.07. The molecule has 4 rings (SSSR count). The predicted molar refractivity (Wildman–Crippen MR) is 119 cm³/mol. The van der Waals surface area contributed by atoms with E-state index in [1.54, 1.807) is 17.0 Å². The SMILES string of the molecule is CC(C)c1ccc(C2c3c(oc4ccccc4c3=O)C(=O)N2CCCN(C)C)cc1. The molecule has 0 aliphatic carbocycles. The maximum absolute atomic E-state index is 13.4. The van der Waals surface area contributed by atoms with E-state index < -0.39 is 6.04 Å². The minimum absolute atomic E-state index is 0.117. The van der Waals surface area contributed by atoms with E-state index >= 15 is 0 Å². The molecule has 1 atom stereocenters. The third kappa shape index (κ3) is 3.54. The van der Waals surface area contributed by atoms with Crippen molar-refractivity contribution in [3.63, 3.8) is 0 Å². The zero-order valence-corrected chi connectivity index (χ0v) is 18.0. The van der Waals surface area contributed by atoms with Crippen molar-refractivity contribution in [1.29, 1.82) is 0 Å². The van der Waals surface area contributed by atoms with Gasteiger partial charge in [0.15, 0.2) is 5.43 Å². The van der Waals surface area contributed by atoms with Crippen molar-refractivity contribution >= 4 is 16.9 Å². The van der Waals surface area contributed by atoms with Gasteiger partial charge in [-0.2, -0.15) is 0 Å². The van der Waals surface area contributed by atoms with Crippen LogP contribution in [0, 0.1) is 0 Å². The number of fused-ring (bicyclic) bond motifs is 2. The molecule has 0 saturated heterocycles. The summed E-state index contributed by atoms with van der Waals surface area (Å²) in [5, 5.41) is 0.517. The first-order chi connectivity index (χ1) is 14.4. The van der Waals surface area contributed by atoms with Crippen LogP contribution in [-0.2, 0) is 0 Å². The average molecular weight is 405 g/mol. The van der Waals surface area contributed by atoms with Crippen LogP contribution in [0.5, 0.6) is 0 Å². The summed E-state index contributed by atoms with van der Waals surface area (Å²) < 4.78 is 5.97. The van der Waals surface area contributed by atoms with Gasteiger partial charge in [-0.05, 0) is 56.2 Å². The fraction of sp³-hybridized carbons (Fsp3) is 0.360. The van der Waals surface area contributed by atoms with E-state index in [9.17, 15) is 9.59 Å². The van der Waals surface area contributed by atoms with Gasteiger partial charge in [0.2, 0.25) is 5.76 Å². The van der Waals surface area contributed by atoms with E-state index in [1.165, 1.54) is 5.56 Å². The normalized spacial score (nSPS) is 16.1. The summed E-state index contributed by atoms with van der Waals surface area (Å²) in [7, 11) is 4.03. The minimum Gasteiger partial charge on any atom is -0.450 e. The summed E-state index contributed by atoms with van der Waals surface area (Å²) in [5.41, 5.74) is 2.97. The molecule has 2 aromatic carbocycles. The van der Waals surface area contributed by atoms with Crippen LogP contribution in [0.4, 0.5) is 0 Å². The Morgan fingerprint density at radius 3 is 2.40 bits per heavy atom. The van der Waals surface area contributed by atoms with Gasteiger partial charge in [-0.3, -0.25) is 9.59 Å². The maximum atomic E-state index is 13.4. The first-order valence-electron chi connectivity index (χ1n) is 10.5. The number of hydrogen-bond donors (Lipinski definition) is 0. The standard InChI is InChI=1S/C25H28N2O3/c1-16(2)17-10-12-18(13-11-17)22-21-23(28)19-8-5-6-9-20(19)30-24(21)25(29)27(22)15-7-14-26(3)4/h5-6,8-13,16,22H,7,14-15H2,1-4H3. The molecule has 1 aromatic heterocycles. The molecule has 1 unspecified atom stereocenters. The van der Waals surface area contributed by atoms with Crippen molar-refractivity contribution in [3.8, 4) is 0 Å². The number of nitrogens with zero attached hydrogens (tertiary/aromatic N) is 2. The molecule has 1 aliphatic heterocycles. The van der Waals surface area contributed by atoms with E-state index in [-0.39, 0.29) is 17.1 Å². The summed E-state index contributed by atoms with van der Waals surface area (Å²) in [4.78, 5) is 30.6. The highest BCUT2D eigenvalue weighted by atomic mass is 16.3. The Balaban J connectivity index is 1.84. The van der Waals surface area contributed by atoms with Gasteiger partial charge in [-0.15, -0.1) is 0 Å². The molecular weight excluding hydrogens is 376 g/mol. The Bertz CT molecular complexity index is 1130. The summed E-state index contributed by atoms with van der Waals surface area (Å²) in [5.74, 6) is 0.396. The molecule has 5 heteroatoms. The Labute approximate surface area is 176 Å². The Hall–Kier alpha value is -2.92. The van der Waals surface area contributed by atoms with Gasteiger partial charge in [0.25, 0.3) is 5.91 Å². The molecule has 5 nitrogen and oxygen atoms in total.